The van der Waals surface area contributed by atoms with Gasteiger partial charge in [-0.2, -0.15) is 0 Å². The van der Waals surface area contributed by atoms with Gasteiger partial charge in [0.25, 0.3) is 0 Å². The van der Waals surface area contributed by atoms with Gasteiger partial charge in [0.2, 0.25) is 0 Å². The Balaban J connectivity index is 2.46. The summed E-state index contributed by atoms with van der Waals surface area (Å²) in [5.74, 6) is -1.55. The zero-order valence-corrected chi connectivity index (χ0v) is 13.2. The van der Waals surface area contributed by atoms with E-state index in [1.54, 1.807) is 0 Å². The van der Waals surface area contributed by atoms with Crippen LogP contribution in [0.2, 0.25) is 10.0 Å². The third kappa shape index (κ3) is 3.42. The zero-order valence-electron chi connectivity index (χ0n) is 11.0. The fraction of sp³-hybridized carbons (Fsp3) is 0.200. The van der Waals surface area contributed by atoms with E-state index < -0.39 is 17.0 Å². The highest BCUT2D eigenvalue weighted by Gasteiger charge is 2.21. The Morgan fingerprint density at radius 1 is 1.10 bits per heavy atom. The van der Waals surface area contributed by atoms with Crippen LogP contribution in [0.3, 0.4) is 0 Å². The molecule has 0 aliphatic heterocycles. The second-order valence-corrected chi connectivity index (χ2v) is 5.49. The van der Waals surface area contributed by atoms with E-state index in [0.29, 0.717) is 22.9 Å². The van der Waals surface area contributed by atoms with Crippen LogP contribution in [0.5, 0.6) is 5.75 Å². The summed E-state index contributed by atoms with van der Waals surface area (Å²) >= 11 is 18.4. The summed E-state index contributed by atoms with van der Waals surface area (Å²) in [5, 5.41) is -0.383. The lowest BCUT2D eigenvalue weighted by Gasteiger charge is -2.15. The van der Waals surface area contributed by atoms with E-state index in [9.17, 15) is 8.78 Å². The first kappa shape index (κ1) is 16.3. The van der Waals surface area contributed by atoms with Crippen LogP contribution in [0.4, 0.5) is 8.78 Å². The molecule has 1 atom stereocenters. The van der Waals surface area contributed by atoms with Crippen LogP contribution in [0.25, 0.3) is 0 Å². The topological polar surface area (TPSA) is 9.23 Å². The molecule has 0 saturated heterocycles. The maximum atomic E-state index is 13.8. The smallest absolute Gasteiger partial charge is 0.163 e. The largest absolute Gasteiger partial charge is 0.492 e. The minimum Gasteiger partial charge on any atom is -0.492 e. The summed E-state index contributed by atoms with van der Waals surface area (Å²) in [5.41, 5.74) is 0.384. The number of alkyl halides is 1. The van der Waals surface area contributed by atoms with Gasteiger partial charge in [-0.05, 0) is 24.6 Å². The number of rotatable bonds is 4. The SMILES string of the molecule is CCOc1cc(Cl)c(C(Cl)c2cccc(F)c2F)cc1Cl. The molecular formula is C15H11Cl3F2O. The maximum Gasteiger partial charge on any atom is 0.163 e. The summed E-state index contributed by atoms with van der Waals surface area (Å²) in [6.45, 7) is 2.24. The van der Waals surface area contributed by atoms with Gasteiger partial charge in [0.05, 0.1) is 17.0 Å². The lowest BCUT2D eigenvalue weighted by atomic mass is 10.0. The van der Waals surface area contributed by atoms with E-state index >= 15 is 0 Å². The summed E-state index contributed by atoms with van der Waals surface area (Å²) in [6.07, 6.45) is 0. The highest BCUT2D eigenvalue weighted by Crippen LogP contribution is 2.40. The van der Waals surface area contributed by atoms with E-state index in [4.69, 9.17) is 39.5 Å². The van der Waals surface area contributed by atoms with Gasteiger partial charge in [0.15, 0.2) is 11.6 Å². The molecule has 0 saturated carbocycles. The Labute approximate surface area is 136 Å². The maximum absolute atomic E-state index is 13.8. The van der Waals surface area contributed by atoms with Crippen LogP contribution >= 0.6 is 34.8 Å². The van der Waals surface area contributed by atoms with Crippen molar-refractivity contribution in [3.05, 3.63) is 63.1 Å². The molecule has 0 N–H and O–H groups in total. The standard InChI is InChI=1S/C15H11Cl3F2O/c1-2-21-13-7-10(16)9(6-11(13)17)14(18)8-4-3-5-12(19)15(8)20/h3-7,14H,2H2,1H3. The Bertz CT molecular complexity index is 662. The van der Waals surface area contributed by atoms with Crippen LogP contribution in [-0.2, 0) is 0 Å². The van der Waals surface area contributed by atoms with Gasteiger partial charge in [0.1, 0.15) is 5.75 Å². The lowest BCUT2D eigenvalue weighted by molar-refractivity contribution is 0.340. The molecule has 0 heterocycles. The average Bonchev–Trinajstić information content (AvgIpc) is 2.45. The van der Waals surface area contributed by atoms with Crippen molar-refractivity contribution in [1.29, 1.82) is 0 Å². The molecule has 112 valence electrons. The highest BCUT2D eigenvalue weighted by molar-refractivity contribution is 6.36. The molecule has 0 spiro atoms. The predicted octanol–water partition coefficient (Wildman–Crippen LogP) is 6.00. The molecule has 1 nitrogen and oxygen atoms in total. The van der Waals surface area contributed by atoms with E-state index in [1.807, 2.05) is 6.92 Å². The predicted molar refractivity (Wildman–Crippen MR) is 81.7 cm³/mol. The first-order valence-electron chi connectivity index (χ1n) is 6.15. The highest BCUT2D eigenvalue weighted by atomic mass is 35.5. The molecule has 0 aliphatic carbocycles. The van der Waals surface area contributed by atoms with Crippen molar-refractivity contribution in [3.63, 3.8) is 0 Å². The van der Waals surface area contributed by atoms with Crippen LogP contribution in [-0.4, -0.2) is 6.61 Å². The zero-order chi connectivity index (χ0) is 15.6. The second kappa shape index (κ2) is 6.82. The van der Waals surface area contributed by atoms with Crippen molar-refractivity contribution < 1.29 is 13.5 Å². The van der Waals surface area contributed by atoms with Crippen molar-refractivity contribution >= 4 is 34.8 Å². The number of hydrogen-bond acceptors (Lipinski definition) is 1. The van der Waals surface area contributed by atoms with Gasteiger partial charge in [-0.15, -0.1) is 11.6 Å². The second-order valence-electron chi connectivity index (χ2n) is 4.24. The first-order chi connectivity index (χ1) is 9.95. The monoisotopic (exact) mass is 350 g/mol. The molecule has 1 unspecified atom stereocenters. The fourth-order valence-corrected chi connectivity index (χ4v) is 2.78. The Morgan fingerprint density at radius 2 is 1.81 bits per heavy atom. The summed E-state index contributed by atoms with van der Waals surface area (Å²) in [7, 11) is 0. The van der Waals surface area contributed by atoms with E-state index in [2.05, 4.69) is 0 Å². The lowest BCUT2D eigenvalue weighted by Crippen LogP contribution is -2.01. The van der Waals surface area contributed by atoms with Crippen LogP contribution in [0.15, 0.2) is 30.3 Å². The van der Waals surface area contributed by atoms with Crippen molar-refractivity contribution in [2.24, 2.45) is 0 Å². The third-order valence-corrected chi connectivity index (χ3v) is 3.97. The minimum atomic E-state index is -1.00. The normalized spacial score (nSPS) is 12.3. The first-order valence-corrected chi connectivity index (χ1v) is 7.34. The molecule has 0 aliphatic rings. The van der Waals surface area contributed by atoms with Crippen LogP contribution < -0.4 is 4.74 Å². The molecule has 0 aromatic heterocycles. The molecule has 2 aromatic carbocycles. The van der Waals surface area contributed by atoms with Crippen molar-refractivity contribution in [3.8, 4) is 5.75 Å². The van der Waals surface area contributed by atoms with Gasteiger partial charge in [0, 0.05) is 16.7 Å². The number of ether oxygens (including phenoxy) is 1. The van der Waals surface area contributed by atoms with E-state index in [1.165, 1.54) is 24.3 Å². The molecule has 0 radical (unpaired) electrons. The van der Waals surface area contributed by atoms with E-state index in [-0.39, 0.29) is 10.6 Å². The average molecular weight is 352 g/mol. The fourth-order valence-electron chi connectivity index (χ4n) is 1.89. The van der Waals surface area contributed by atoms with Gasteiger partial charge < -0.3 is 4.74 Å². The molecule has 21 heavy (non-hydrogen) atoms. The van der Waals surface area contributed by atoms with Crippen molar-refractivity contribution in [2.75, 3.05) is 6.61 Å². The minimum absolute atomic E-state index is 0.00112. The van der Waals surface area contributed by atoms with Crippen LogP contribution in [0, 0.1) is 11.6 Å². The summed E-state index contributed by atoms with van der Waals surface area (Å²) in [4.78, 5) is 0. The molecular weight excluding hydrogens is 341 g/mol. The Hall–Kier alpha value is -1.03. The van der Waals surface area contributed by atoms with Gasteiger partial charge in [-0.1, -0.05) is 35.3 Å². The van der Waals surface area contributed by atoms with Gasteiger partial charge in [-0.25, -0.2) is 8.78 Å². The molecule has 0 amide bonds. The van der Waals surface area contributed by atoms with Crippen LogP contribution in [0.1, 0.15) is 23.4 Å². The third-order valence-electron chi connectivity index (χ3n) is 2.88. The quantitative estimate of drug-likeness (QED) is 0.614. The molecule has 2 aromatic rings. The summed E-state index contributed by atoms with van der Waals surface area (Å²) < 4.78 is 32.4. The Kier molecular flexibility index (Phi) is 5.31. The van der Waals surface area contributed by atoms with Crippen molar-refractivity contribution in [2.45, 2.75) is 12.3 Å². The van der Waals surface area contributed by atoms with Gasteiger partial charge in [-0.3, -0.25) is 0 Å². The Morgan fingerprint density at radius 3 is 2.48 bits per heavy atom. The van der Waals surface area contributed by atoms with E-state index in [0.717, 1.165) is 6.07 Å². The molecule has 2 rings (SSSR count). The molecule has 0 fully saturated rings. The molecule has 0 bridgehead atoms. The van der Waals surface area contributed by atoms with Crippen molar-refractivity contribution in [1.82, 2.24) is 0 Å². The van der Waals surface area contributed by atoms with Gasteiger partial charge >= 0.3 is 0 Å². The summed E-state index contributed by atoms with van der Waals surface area (Å²) in [6, 6.07) is 6.81. The molecule has 6 heteroatoms. The number of benzene rings is 2. The number of hydrogen-bond donors (Lipinski definition) is 0. The number of halogens is 5.